The Balaban J connectivity index is 2.81. The van der Waals surface area contributed by atoms with Crippen LogP contribution in [0.1, 0.15) is 12.0 Å². The van der Waals surface area contributed by atoms with Crippen LogP contribution >= 0.6 is 0 Å². The summed E-state index contributed by atoms with van der Waals surface area (Å²) in [6.45, 7) is 0. The van der Waals surface area contributed by atoms with Gasteiger partial charge in [0.05, 0.1) is 12.5 Å². The summed E-state index contributed by atoms with van der Waals surface area (Å²) in [5.74, 6) is -4.23. The lowest BCUT2D eigenvalue weighted by atomic mass is 10.0. The zero-order valence-electron chi connectivity index (χ0n) is 8.21. The molecule has 0 spiro atoms. The number of carbonyl (C=O) groups is 1. The van der Waals surface area contributed by atoms with Gasteiger partial charge in [0.15, 0.2) is 11.6 Å². The molecule has 0 saturated carbocycles. The van der Waals surface area contributed by atoms with E-state index < -0.39 is 29.5 Å². The Hall–Kier alpha value is -1.56. The minimum absolute atomic E-state index is 0.201. The van der Waals surface area contributed by atoms with Crippen molar-refractivity contribution in [3.63, 3.8) is 0 Å². The van der Waals surface area contributed by atoms with Crippen molar-refractivity contribution in [3.05, 3.63) is 35.1 Å². The van der Waals surface area contributed by atoms with Crippen LogP contribution in [-0.4, -0.2) is 17.1 Å². The normalized spacial score (nSPS) is 12.5. The van der Waals surface area contributed by atoms with Gasteiger partial charge in [0.2, 0.25) is 5.91 Å². The summed E-state index contributed by atoms with van der Waals surface area (Å²) in [4.78, 5) is 10.4. The van der Waals surface area contributed by atoms with Gasteiger partial charge in [0.25, 0.3) is 0 Å². The van der Waals surface area contributed by atoms with Crippen LogP contribution in [0.25, 0.3) is 0 Å². The van der Waals surface area contributed by atoms with Crippen molar-refractivity contribution >= 4 is 5.91 Å². The highest BCUT2D eigenvalue weighted by molar-refractivity contribution is 5.74. The molecule has 1 atom stereocenters. The van der Waals surface area contributed by atoms with E-state index in [1.54, 1.807) is 0 Å². The molecule has 1 aromatic carbocycles. The molecule has 6 heteroatoms. The fourth-order valence-electron chi connectivity index (χ4n) is 1.28. The summed E-state index contributed by atoms with van der Waals surface area (Å²) in [7, 11) is 0. The summed E-state index contributed by atoms with van der Waals surface area (Å²) in [5, 5.41) is 9.27. The van der Waals surface area contributed by atoms with Gasteiger partial charge in [-0.05, 0) is 11.6 Å². The van der Waals surface area contributed by atoms with Crippen molar-refractivity contribution in [1.29, 1.82) is 0 Å². The lowest BCUT2D eigenvalue weighted by molar-refractivity contribution is -0.119. The second kappa shape index (κ2) is 4.98. The van der Waals surface area contributed by atoms with Crippen LogP contribution in [0.3, 0.4) is 0 Å². The van der Waals surface area contributed by atoms with Gasteiger partial charge in [0.1, 0.15) is 5.82 Å². The van der Waals surface area contributed by atoms with Gasteiger partial charge in [-0.3, -0.25) is 4.79 Å². The molecule has 0 saturated heterocycles. The van der Waals surface area contributed by atoms with Crippen LogP contribution in [-0.2, 0) is 11.2 Å². The molecule has 0 aliphatic carbocycles. The van der Waals surface area contributed by atoms with Gasteiger partial charge >= 0.3 is 0 Å². The molecule has 0 aromatic heterocycles. The molecular formula is C10H10F3NO2. The second-order valence-corrected chi connectivity index (χ2v) is 3.39. The zero-order chi connectivity index (χ0) is 12.3. The van der Waals surface area contributed by atoms with E-state index in [-0.39, 0.29) is 18.4 Å². The first-order valence-electron chi connectivity index (χ1n) is 4.50. The van der Waals surface area contributed by atoms with Crippen LogP contribution in [0.15, 0.2) is 12.1 Å². The maximum absolute atomic E-state index is 13.1. The molecule has 88 valence electrons. The molecule has 3 nitrogen and oxygen atoms in total. The lowest BCUT2D eigenvalue weighted by Gasteiger charge is -2.09. The van der Waals surface area contributed by atoms with Crippen molar-refractivity contribution in [1.82, 2.24) is 0 Å². The second-order valence-electron chi connectivity index (χ2n) is 3.39. The van der Waals surface area contributed by atoms with Crippen molar-refractivity contribution < 1.29 is 23.1 Å². The van der Waals surface area contributed by atoms with Crippen LogP contribution < -0.4 is 5.73 Å². The number of halogens is 3. The topological polar surface area (TPSA) is 63.3 Å². The number of amides is 1. The first-order valence-corrected chi connectivity index (χ1v) is 4.50. The molecule has 1 aromatic rings. The van der Waals surface area contributed by atoms with E-state index in [1.807, 2.05) is 0 Å². The summed E-state index contributed by atoms with van der Waals surface area (Å²) in [5.41, 5.74) is 4.61. The Bertz CT molecular complexity index is 409. The van der Waals surface area contributed by atoms with Gasteiger partial charge in [0, 0.05) is 12.5 Å². The van der Waals surface area contributed by atoms with Crippen LogP contribution in [0, 0.1) is 17.5 Å². The van der Waals surface area contributed by atoms with Crippen LogP contribution in [0.5, 0.6) is 0 Å². The van der Waals surface area contributed by atoms with Gasteiger partial charge < -0.3 is 10.8 Å². The number of primary amides is 1. The van der Waals surface area contributed by atoms with Crippen LogP contribution in [0.2, 0.25) is 0 Å². The third-order valence-corrected chi connectivity index (χ3v) is 1.98. The number of carbonyl (C=O) groups excluding carboxylic acids is 1. The Labute approximate surface area is 89.7 Å². The van der Waals surface area contributed by atoms with Gasteiger partial charge in [-0.25, -0.2) is 13.2 Å². The largest absolute Gasteiger partial charge is 0.392 e. The van der Waals surface area contributed by atoms with E-state index >= 15 is 0 Å². The average molecular weight is 233 g/mol. The summed E-state index contributed by atoms with van der Waals surface area (Å²) < 4.78 is 38.4. The van der Waals surface area contributed by atoms with Gasteiger partial charge in [-0.1, -0.05) is 0 Å². The van der Waals surface area contributed by atoms with Crippen molar-refractivity contribution in [2.75, 3.05) is 0 Å². The monoisotopic (exact) mass is 233 g/mol. The van der Waals surface area contributed by atoms with Gasteiger partial charge in [-0.2, -0.15) is 0 Å². The van der Waals surface area contributed by atoms with E-state index in [1.165, 1.54) is 0 Å². The number of aliphatic hydroxyl groups is 1. The minimum Gasteiger partial charge on any atom is -0.392 e. The SMILES string of the molecule is NC(=O)CC(O)Cc1cc(F)c(F)cc1F. The van der Waals surface area contributed by atoms with E-state index in [0.29, 0.717) is 12.1 Å². The third kappa shape index (κ3) is 3.23. The lowest BCUT2D eigenvalue weighted by Crippen LogP contribution is -2.22. The van der Waals surface area contributed by atoms with E-state index in [4.69, 9.17) is 5.73 Å². The average Bonchev–Trinajstić information content (AvgIpc) is 2.12. The molecule has 0 bridgehead atoms. The smallest absolute Gasteiger partial charge is 0.220 e. The fourth-order valence-corrected chi connectivity index (χ4v) is 1.28. The number of nitrogens with two attached hydrogens (primary N) is 1. The fraction of sp³-hybridized carbons (Fsp3) is 0.300. The van der Waals surface area contributed by atoms with E-state index in [0.717, 1.165) is 0 Å². The molecule has 0 aliphatic rings. The summed E-state index contributed by atoms with van der Waals surface area (Å²) in [6.07, 6.45) is -1.87. The highest BCUT2D eigenvalue weighted by Gasteiger charge is 2.15. The maximum atomic E-state index is 13.1. The van der Waals surface area contributed by atoms with E-state index in [2.05, 4.69) is 0 Å². The summed E-state index contributed by atoms with van der Waals surface area (Å²) in [6, 6.07) is 1.04. The van der Waals surface area contributed by atoms with Crippen molar-refractivity contribution in [2.24, 2.45) is 5.73 Å². The summed E-state index contributed by atoms with van der Waals surface area (Å²) >= 11 is 0. The standard InChI is InChI=1S/C10H10F3NO2/c11-7-4-9(13)8(12)2-5(7)1-6(15)3-10(14)16/h2,4,6,15H,1,3H2,(H2,14,16). The first kappa shape index (κ1) is 12.5. The number of hydrogen-bond acceptors (Lipinski definition) is 2. The highest BCUT2D eigenvalue weighted by atomic mass is 19.2. The number of benzene rings is 1. The zero-order valence-corrected chi connectivity index (χ0v) is 8.21. The number of hydrogen-bond donors (Lipinski definition) is 2. The maximum Gasteiger partial charge on any atom is 0.220 e. The molecule has 3 N–H and O–H groups in total. The molecule has 0 fully saturated rings. The predicted molar refractivity (Wildman–Crippen MR) is 49.8 cm³/mol. The third-order valence-electron chi connectivity index (χ3n) is 1.98. The highest BCUT2D eigenvalue weighted by Crippen LogP contribution is 2.16. The quantitative estimate of drug-likeness (QED) is 0.758. The molecule has 16 heavy (non-hydrogen) atoms. The van der Waals surface area contributed by atoms with Crippen LogP contribution in [0.4, 0.5) is 13.2 Å². The molecule has 1 unspecified atom stereocenters. The molecule has 0 radical (unpaired) electrons. The molecule has 0 aliphatic heterocycles. The molecule has 1 amide bonds. The van der Waals surface area contributed by atoms with Crippen molar-refractivity contribution in [3.8, 4) is 0 Å². The van der Waals surface area contributed by atoms with Gasteiger partial charge in [-0.15, -0.1) is 0 Å². The minimum atomic E-state index is -1.30. The van der Waals surface area contributed by atoms with Crippen molar-refractivity contribution in [2.45, 2.75) is 18.9 Å². The Morgan fingerprint density at radius 1 is 1.25 bits per heavy atom. The molecule has 1 rings (SSSR count). The first-order chi connectivity index (χ1) is 7.40. The number of rotatable bonds is 4. The molecule has 0 heterocycles. The Morgan fingerprint density at radius 3 is 2.38 bits per heavy atom. The van der Waals surface area contributed by atoms with E-state index in [9.17, 15) is 23.1 Å². The Morgan fingerprint density at radius 2 is 1.81 bits per heavy atom. The Kier molecular flexibility index (Phi) is 3.89. The predicted octanol–water partition coefficient (Wildman–Crippen LogP) is 0.883. The number of aliphatic hydroxyl groups excluding tert-OH is 1. The molecular weight excluding hydrogens is 223 g/mol.